The Morgan fingerprint density at radius 1 is 1.65 bits per heavy atom. The van der Waals surface area contributed by atoms with Crippen LogP contribution in [0.25, 0.3) is 0 Å². The Labute approximate surface area is 106 Å². The third-order valence-electron chi connectivity index (χ3n) is 2.41. The smallest absolute Gasteiger partial charge is 0.306 e. The summed E-state index contributed by atoms with van der Waals surface area (Å²) in [6.07, 6.45) is -0.173. The minimum absolute atomic E-state index is 0.0463. The van der Waals surface area contributed by atoms with Crippen molar-refractivity contribution in [3.63, 3.8) is 0 Å². The Balaban J connectivity index is 2.38. The summed E-state index contributed by atoms with van der Waals surface area (Å²) >= 11 is 1.08. The van der Waals surface area contributed by atoms with Crippen LogP contribution in [0.2, 0.25) is 0 Å². The molecular weight excluding hydrogens is 288 g/mol. The number of carbonyl (C=O) groups is 1. The predicted octanol–water partition coefficient (Wildman–Crippen LogP) is 1.76. The molecule has 0 spiro atoms. The second-order valence-corrected chi connectivity index (χ2v) is 7.52. The van der Waals surface area contributed by atoms with Gasteiger partial charge in [0.15, 0.2) is 0 Å². The van der Waals surface area contributed by atoms with Crippen LogP contribution < -0.4 is 0 Å². The fraction of sp³-hybridized carbons (Fsp3) is 0.444. The van der Waals surface area contributed by atoms with E-state index >= 15 is 0 Å². The van der Waals surface area contributed by atoms with E-state index in [1.165, 1.54) is 6.07 Å². The topological polar surface area (TPSA) is 80.7 Å². The Hall–Kier alpha value is -0.630. The molecule has 17 heavy (non-hydrogen) atoms. The number of fused-ring (bicyclic) bond motifs is 1. The molecule has 0 aliphatic carbocycles. The van der Waals surface area contributed by atoms with Gasteiger partial charge < -0.3 is 9.84 Å². The number of rotatable bonds is 3. The molecule has 0 radical (unpaired) electrons. The van der Waals surface area contributed by atoms with E-state index in [2.05, 4.69) is 0 Å². The molecular formula is C9H9ClO5S2. The fourth-order valence-corrected chi connectivity index (χ4v) is 4.02. The molecule has 1 atom stereocenters. The summed E-state index contributed by atoms with van der Waals surface area (Å²) in [6, 6.07) is 1.41. The van der Waals surface area contributed by atoms with Gasteiger partial charge in [-0.3, -0.25) is 4.79 Å². The first-order chi connectivity index (χ1) is 7.88. The maximum Gasteiger partial charge on any atom is 0.306 e. The van der Waals surface area contributed by atoms with E-state index < -0.39 is 21.1 Å². The number of carboxylic acids is 1. The van der Waals surface area contributed by atoms with Gasteiger partial charge in [0, 0.05) is 22.0 Å². The molecule has 0 saturated heterocycles. The van der Waals surface area contributed by atoms with Gasteiger partial charge in [-0.15, -0.1) is 11.3 Å². The van der Waals surface area contributed by atoms with Crippen LogP contribution in [0.1, 0.15) is 23.0 Å². The third-order valence-corrected chi connectivity index (χ3v) is 5.70. The van der Waals surface area contributed by atoms with Gasteiger partial charge in [0.25, 0.3) is 9.05 Å². The van der Waals surface area contributed by atoms with Gasteiger partial charge in [-0.2, -0.15) is 0 Å². The molecule has 1 aliphatic heterocycles. The van der Waals surface area contributed by atoms with Crippen molar-refractivity contribution in [3.05, 3.63) is 16.5 Å². The molecule has 1 aliphatic rings. The Morgan fingerprint density at radius 2 is 2.35 bits per heavy atom. The molecule has 1 aromatic heterocycles. The van der Waals surface area contributed by atoms with Gasteiger partial charge in [0.05, 0.1) is 19.1 Å². The maximum absolute atomic E-state index is 11.2. The summed E-state index contributed by atoms with van der Waals surface area (Å²) in [5.74, 6) is -0.982. The normalized spacial score (nSPS) is 19.9. The highest BCUT2D eigenvalue weighted by Gasteiger charge is 2.28. The molecule has 8 heteroatoms. The minimum Gasteiger partial charge on any atom is -0.481 e. The van der Waals surface area contributed by atoms with Crippen molar-refractivity contribution in [1.29, 1.82) is 0 Å². The third kappa shape index (κ3) is 2.79. The monoisotopic (exact) mass is 296 g/mol. The molecule has 1 aromatic rings. The van der Waals surface area contributed by atoms with Crippen molar-refractivity contribution in [3.8, 4) is 0 Å². The molecule has 0 amide bonds. The van der Waals surface area contributed by atoms with E-state index in [1.54, 1.807) is 0 Å². The van der Waals surface area contributed by atoms with Gasteiger partial charge >= 0.3 is 5.97 Å². The van der Waals surface area contributed by atoms with E-state index in [0.717, 1.165) is 16.2 Å². The first kappa shape index (κ1) is 12.8. The van der Waals surface area contributed by atoms with Gasteiger partial charge in [-0.05, 0) is 11.6 Å². The van der Waals surface area contributed by atoms with Gasteiger partial charge in [0.1, 0.15) is 4.21 Å². The van der Waals surface area contributed by atoms with Crippen molar-refractivity contribution in [1.82, 2.24) is 0 Å². The molecule has 0 bridgehead atoms. The van der Waals surface area contributed by atoms with E-state index in [0.29, 0.717) is 18.6 Å². The maximum atomic E-state index is 11.2. The molecule has 94 valence electrons. The molecule has 0 saturated carbocycles. The Kier molecular flexibility index (Phi) is 3.44. The van der Waals surface area contributed by atoms with E-state index in [-0.39, 0.29) is 10.6 Å². The largest absolute Gasteiger partial charge is 0.481 e. The van der Waals surface area contributed by atoms with Crippen molar-refractivity contribution in [2.24, 2.45) is 0 Å². The van der Waals surface area contributed by atoms with Crippen LogP contribution in [0.4, 0.5) is 0 Å². The van der Waals surface area contributed by atoms with Crippen LogP contribution in [0, 0.1) is 0 Å². The second kappa shape index (κ2) is 4.56. The van der Waals surface area contributed by atoms with Crippen molar-refractivity contribution < 1.29 is 23.1 Å². The molecule has 0 unspecified atom stereocenters. The van der Waals surface area contributed by atoms with Crippen LogP contribution in [0.5, 0.6) is 0 Å². The lowest BCUT2D eigenvalue weighted by Gasteiger charge is -2.21. The van der Waals surface area contributed by atoms with Crippen LogP contribution >= 0.6 is 22.0 Å². The number of aliphatic carboxylic acids is 1. The van der Waals surface area contributed by atoms with E-state index in [4.69, 9.17) is 20.5 Å². The summed E-state index contributed by atoms with van der Waals surface area (Å²) < 4.78 is 27.8. The van der Waals surface area contributed by atoms with Crippen LogP contribution in [0.15, 0.2) is 10.3 Å². The number of thiophene rings is 1. The first-order valence-corrected chi connectivity index (χ1v) is 7.91. The quantitative estimate of drug-likeness (QED) is 0.860. The Bertz CT molecular complexity index is 548. The molecule has 2 heterocycles. The predicted molar refractivity (Wildman–Crippen MR) is 62.0 cm³/mol. The minimum atomic E-state index is -3.76. The molecule has 2 rings (SSSR count). The summed E-state index contributed by atoms with van der Waals surface area (Å²) in [7, 11) is 1.50. The lowest BCUT2D eigenvalue weighted by Crippen LogP contribution is -2.17. The highest BCUT2D eigenvalue weighted by Crippen LogP contribution is 2.38. The van der Waals surface area contributed by atoms with E-state index in [1.807, 2.05) is 0 Å². The van der Waals surface area contributed by atoms with Crippen LogP contribution in [-0.2, 0) is 25.0 Å². The van der Waals surface area contributed by atoms with Gasteiger partial charge in [-0.1, -0.05) is 0 Å². The van der Waals surface area contributed by atoms with Crippen LogP contribution in [0.3, 0.4) is 0 Å². The number of halogens is 1. The standard InChI is InChI=1S/C9H9ClO5S2/c10-17(13,14)9-3-5-6(4-8(11)12)15-2-1-7(5)16-9/h3,6H,1-2,4H2,(H,11,12)/t6-/m0/s1. The highest BCUT2D eigenvalue weighted by atomic mass is 35.7. The molecule has 0 fully saturated rings. The molecule has 1 N–H and O–H groups in total. The van der Waals surface area contributed by atoms with Crippen molar-refractivity contribution in [2.45, 2.75) is 23.2 Å². The van der Waals surface area contributed by atoms with Gasteiger partial charge in [-0.25, -0.2) is 8.42 Å². The highest BCUT2D eigenvalue weighted by molar-refractivity contribution is 8.15. The van der Waals surface area contributed by atoms with E-state index in [9.17, 15) is 13.2 Å². The van der Waals surface area contributed by atoms with Gasteiger partial charge in [0.2, 0.25) is 0 Å². The zero-order valence-corrected chi connectivity index (χ0v) is 10.9. The second-order valence-electron chi connectivity index (χ2n) is 3.59. The number of hydrogen-bond donors (Lipinski definition) is 1. The summed E-state index contributed by atoms with van der Waals surface area (Å²) in [4.78, 5) is 11.5. The lowest BCUT2D eigenvalue weighted by molar-refractivity contribution is -0.140. The number of carboxylic acid groups (broad SMARTS) is 1. The zero-order chi connectivity index (χ0) is 12.6. The number of hydrogen-bond acceptors (Lipinski definition) is 5. The summed E-state index contributed by atoms with van der Waals surface area (Å²) in [5.41, 5.74) is 0.628. The molecule has 5 nitrogen and oxygen atoms in total. The zero-order valence-electron chi connectivity index (χ0n) is 8.55. The summed E-state index contributed by atoms with van der Waals surface area (Å²) in [6.45, 7) is 0.396. The van der Waals surface area contributed by atoms with Crippen molar-refractivity contribution >= 4 is 37.0 Å². The van der Waals surface area contributed by atoms with Crippen molar-refractivity contribution in [2.75, 3.05) is 6.61 Å². The fourth-order valence-electron chi connectivity index (χ4n) is 1.72. The average molecular weight is 297 g/mol. The lowest BCUT2D eigenvalue weighted by atomic mass is 10.0. The van der Waals surface area contributed by atoms with Crippen LogP contribution in [-0.4, -0.2) is 26.1 Å². The Morgan fingerprint density at radius 3 is 2.94 bits per heavy atom. The number of ether oxygens (including phenoxy) is 1. The summed E-state index contributed by atoms with van der Waals surface area (Å²) in [5, 5.41) is 8.74. The average Bonchev–Trinajstić information content (AvgIpc) is 2.60. The SMILES string of the molecule is O=C(O)C[C@@H]1OCCc2sc(S(=O)(=O)Cl)cc21. The first-order valence-electron chi connectivity index (χ1n) is 4.78. The molecule has 0 aromatic carbocycles.